The van der Waals surface area contributed by atoms with Gasteiger partial charge in [0.2, 0.25) is 5.95 Å². The number of hydrogen-bond donors (Lipinski definition) is 2. The number of benzene rings is 1. The van der Waals surface area contributed by atoms with Crippen molar-refractivity contribution in [3.8, 4) is 22.3 Å². The minimum Gasteiger partial charge on any atom is -0.491 e. The average Bonchev–Trinajstić information content (AvgIpc) is 3.54. The number of ether oxygens (including phenoxy) is 1. The Morgan fingerprint density at radius 1 is 1.21 bits per heavy atom. The number of carbonyl (C=O) groups excluding carboxylic acids is 1. The lowest BCUT2D eigenvalue weighted by molar-refractivity contribution is 0.102. The number of amides is 1. The summed E-state index contributed by atoms with van der Waals surface area (Å²) in [7, 11) is 0. The number of nitrogens with zero attached hydrogens (tertiary/aromatic N) is 3. The molecule has 5 rings (SSSR count). The van der Waals surface area contributed by atoms with Crippen molar-refractivity contribution in [1.29, 1.82) is 0 Å². The van der Waals surface area contributed by atoms with E-state index in [2.05, 4.69) is 20.4 Å². The summed E-state index contributed by atoms with van der Waals surface area (Å²) in [6.45, 7) is 3.90. The molecule has 3 heterocycles. The lowest BCUT2D eigenvalue weighted by Crippen LogP contribution is -2.21. The minimum absolute atomic E-state index is 0.0525. The molecule has 2 N–H and O–H groups in total. The highest BCUT2D eigenvalue weighted by molar-refractivity contribution is 7.13. The van der Waals surface area contributed by atoms with Crippen molar-refractivity contribution in [2.24, 2.45) is 0 Å². The normalized spacial score (nSPS) is 12.7. The molecule has 8 nitrogen and oxygen atoms in total. The number of rotatable bonds is 6. The van der Waals surface area contributed by atoms with Crippen LogP contribution < -0.4 is 15.6 Å². The molecule has 1 aliphatic rings. The summed E-state index contributed by atoms with van der Waals surface area (Å²) in [5.41, 5.74) is 2.54. The zero-order valence-corrected chi connectivity index (χ0v) is 19.1. The summed E-state index contributed by atoms with van der Waals surface area (Å²) < 4.78 is 7.14. The Morgan fingerprint density at radius 3 is 2.76 bits per heavy atom. The van der Waals surface area contributed by atoms with Crippen LogP contribution in [0.1, 0.15) is 41.9 Å². The fourth-order valence-electron chi connectivity index (χ4n) is 3.85. The van der Waals surface area contributed by atoms with E-state index < -0.39 is 0 Å². The first-order valence-corrected chi connectivity index (χ1v) is 11.7. The predicted octanol–water partition coefficient (Wildman–Crippen LogP) is 4.21. The standard InChI is InChI=1S/C24H23N5O3S/c1-14(2)32-16-10-8-15(9-11-16)22(30)26-21-13-19(20-7-4-12-33-20)28-29(21)24-25-18-6-3-5-17(18)23(31)27-24/h4,7-14H,3,5-6H2,1-2H3,(H,26,30)(H,25,27,31). The van der Waals surface area contributed by atoms with Crippen molar-refractivity contribution in [3.63, 3.8) is 0 Å². The maximum atomic E-state index is 13.0. The molecule has 0 unspecified atom stereocenters. The molecule has 0 fully saturated rings. The SMILES string of the molecule is CC(C)Oc1ccc(C(=O)Nc2cc(-c3cccs3)nn2-c2nc3c(c(=O)[nH]2)CCC3)cc1. The highest BCUT2D eigenvalue weighted by Gasteiger charge is 2.21. The zero-order valence-electron chi connectivity index (χ0n) is 18.3. The summed E-state index contributed by atoms with van der Waals surface area (Å²) in [4.78, 5) is 34.0. The molecule has 0 spiro atoms. The van der Waals surface area contributed by atoms with Crippen molar-refractivity contribution < 1.29 is 9.53 Å². The topological polar surface area (TPSA) is 102 Å². The molecule has 0 aliphatic heterocycles. The van der Waals surface area contributed by atoms with Gasteiger partial charge in [0.05, 0.1) is 16.7 Å². The van der Waals surface area contributed by atoms with Gasteiger partial charge in [0.15, 0.2) is 0 Å². The third-order valence-corrected chi connectivity index (χ3v) is 6.23. The monoisotopic (exact) mass is 461 g/mol. The first-order valence-electron chi connectivity index (χ1n) is 10.8. The number of H-pyrrole nitrogens is 1. The number of nitrogens with one attached hydrogen (secondary N) is 2. The molecule has 1 aliphatic carbocycles. The second-order valence-corrected chi connectivity index (χ2v) is 9.07. The summed E-state index contributed by atoms with van der Waals surface area (Å²) in [6.07, 6.45) is 2.46. The Hall–Kier alpha value is -3.72. The molecule has 0 atom stereocenters. The maximum Gasteiger partial charge on any atom is 0.256 e. The number of fused-ring (bicyclic) bond motifs is 1. The Balaban J connectivity index is 1.50. The van der Waals surface area contributed by atoms with Crippen LogP contribution >= 0.6 is 11.3 Å². The zero-order chi connectivity index (χ0) is 22.9. The molecule has 1 aromatic carbocycles. The lowest BCUT2D eigenvalue weighted by atomic mass is 10.2. The van der Waals surface area contributed by atoms with Crippen molar-refractivity contribution in [2.75, 3.05) is 5.32 Å². The van der Waals surface area contributed by atoms with E-state index in [1.807, 2.05) is 31.4 Å². The molecule has 0 saturated carbocycles. The van der Waals surface area contributed by atoms with E-state index in [9.17, 15) is 9.59 Å². The molecule has 0 radical (unpaired) electrons. The van der Waals surface area contributed by atoms with Crippen LogP contribution in [0.5, 0.6) is 5.75 Å². The van der Waals surface area contributed by atoms with Crippen LogP contribution in [-0.4, -0.2) is 31.8 Å². The number of aromatic amines is 1. The van der Waals surface area contributed by atoms with Gasteiger partial charge in [-0.05, 0) is 68.8 Å². The Kier molecular flexibility index (Phi) is 5.55. The predicted molar refractivity (Wildman–Crippen MR) is 127 cm³/mol. The first kappa shape index (κ1) is 21.1. The maximum absolute atomic E-state index is 13.0. The van der Waals surface area contributed by atoms with Gasteiger partial charge in [-0.25, -0.2) is 4.98 Å². The molecule has 33 heavy (non-hydrogen) atoms. The third kappa shape index (κ3) is 4.31. The molecule has 168 valence electrons. The number of thiophene rings is 1. The number of aromatic nitrogens is 4. The quantitative estimate of drug-likeness (QED) is 0.448. The van der Waals surface area contributed by atoms with Gasteiger partial charge in [0.25, 0.3) is 11.5 Å². The number of carbonyl (C=O) groups is 1. The van der Waals surface area contributed by atoms with E-state index in [0.29, 0.717) is 28.8 Å². The van der Waals surface area contributed by atoms with Crippen LogP contribution in [0.3, 0.4) is 0 Å². The summed E-state index contributed by atoms with van der Waals surface area (Å²) >= 11 is 1.54. The highest BCUT2D eigenvalue weighted by Crippen LogP contribution is 2.28. The summed E-state index contributed by atoms with van der Waals surface area (Å²) in [6, 6.07) is 12.6. The Bertz CT molecular complexity index is 1350. The van der Waals surface area contributed by atoms with E-state index >= 15 is 0 Å². The molecular weight excluding hydrogens is 438 g/mol. The van der Waals surface area contributed by atoms with Crippen molar-refractivity contribution >= 4 is 23.1 Å². The Labute approximate surface area is 194 Å². The van der Waals surface area contributed by atoms with Crippen LogP contribution in [0, 0.1) is 0 Å². The number of aryl methyl sites for hydroxylation is 1. The van der Waals surface area contributed by atoms with Gasteiger partial charge in [-0.1, -0.05) is 6.07 Å². The number of hydrogen-bond acceptors (Lipinski definition) is 6. The molecule has 0 saturated heterocycles. The van der Waals surface area contributed by atoms with Gasteiger partial charge in [-0.15, -0.1) is 11.3 Å². The highest BCUT2D eigenvalue weighted by atomic mass is 32.1. The largest absolute Gasteiger partial charge is 0.491 e. The molecule has 3 aromatic heterocycles. The van der Waals surface area contributed by atoms with E-state index in [4.69, 9.17) is 4.74 Å². The van der Waals surface area contributed by atoms with Gasteiger partial charge in [0.1, 0.15) is 17.3 Å². The molecular formula is C24H23N5O3S. The minimum atomic E-state index is -0.298. The third-order valence-electron chi connectivity index (χ3n) is 5.34. The Morgan fingerprint density at radius 2 is 2.03 bits per heavy atom. The van der Waals surface area contributed by atoms with Gasteiger partial charge < -0.3 is 10.1 Å². The fourth-order valence-corrected chi connectivity index (χ4v) is 4.53. The second-order valence-electron chi connectivity index (χ2n) is 8.12. The first-order chi connectivity index (χ1) is 16.0. The van der Waals surface area contributed by atoms with Gasteiger partial charge in [0, 0.05) is 17.2 Å². The summed E-state index contributed by atoms with van der Waals surface area (Å²) in [5.74, 6) is 1.12. The van der Waals surface area contributed by atoms with E-state index in [0.717, 1.165) is 35.4 Å². The van der Waals surface area contributed by atoms with Crippen LogP contribution in [-0.2, 0) is 12.8 Å². The number of anilines is 1. The van der Waals surface area contributed by atoms with Gasteiger partial charge in [-0.3, -0.25) is 14.6 Å². The molecule has 4 aromatic rings. The van der Waals surface area contributed by atoms with E-state index in [1.54, 1.807) is 41.7 Å². The van der Waals surface area contributed by atoms with Crippen molar-refractivity contribution in [1.82, 2.24) is 19.7 Å². The van der Waals surface area contributed by atoms with E-state index in [-0.39, 0.29) is 17.6 Å². The summed E-state index contributed by atoms with van der Waals surface area (Å²) in [5, 5.41) is 9.52. The fraction of sp³-hybridized carbons (Fsp3) is 0.250. The molecule has 0 bridgehead atoms. The smallest absolute Gasteiger partial charge is 0.256 e. The molecule has 1 amide bonds. The van der Waals surface area contributed by atoms with Crippen molar-refractivity contribution in [3.05, 3.63) is 75.0 Å². The average molecular weight is 462 g/mol. The lowest BCUT2D eigenvalue weighted by Gasteiger charge is -2.11. The molecule has 9 heteroatoms. The van der Waals surface area contributed by atoms with Crippen LogP contribution in [0.4, 0.5) is 5.82 Å². The van der Waals surface area contributed by atoms with Gasteiger partial charge in [-0.2, -0.15) is 9.78 Å². The van der Waals surface area contributed by atoms with Crippen molar-refractivity contribution in [2.45, 2.75) is 39.2 Å². The second kappa shape index (κ2) is 8.67. The van der Waals surface area contributed by atoms with E-state index in [1.165, 1.54) is 4.68 Å². The van der Waals surface area contributed by atoms with Gasteiger partial charge >= 0.3 is 0 Å². The van der Waals surface area contributed by atoms with Crippen LogP contribution in [0.15, 0.2) is 52.6 Å². The van der Waals surface area contributed by atoms with Crippen LogP contribution in [0.25, 0.3) is 16.5 Å². The van der Waals surface area contributed by atoms with Crippen LogP contribution in [0.2, 0.25) is 0 Å².